The summed E-state index contributed by atoms with van der Waals surface area (Å²) in [4.78, 5) is 37.9. The van der Waals surface area contributed by atoms with Crippen molar-refractivity contribution in [2.24, 2.45) is 5.92 Å². The van der Waals surface area contributed by atoms with Crippen LogP contribution in [0.4, 0.5) is 5.69 Å². The normalized spacial score (nSPS) is 18.6. The van der Waals surface area contributed by atoms with Gasteiger partial charge in [-0.05, 0) is 55.9 Å². The summed E-state index contributed by atoms with van der Waals surface area (Å²) in [6, 6.07) is 5.67. The van der Waals surface area contributed by atoms with Crippen molar-refractivity contribution in [1.82, 2.24) is 10.2 Å². The van der Waals surface area contributed by atoms with Crippen molar-refractivity contribution >= 4 is 23.4 Å². The Hall–Kier alpha value is -2.57. The van der Waals surface area contributed by atoms with Gasteiger partial charge in [0, 0.05) is 38.2 Å². The minimum absolute atomic E-state index is 0.0486. The number of nitrogens with zero attached hydrogens (tertiary/aromatic N) is 1. The SMILES string of the molecule is CCCNC(=O)C1CCCN(C(=O)CCCOc2ccc3c(c2)CCC(=O)N3)C1. The molecule has 7 nitrogen and oxygen atoms in total. The van der Waals surface area contributed by atoms with Crippen molar-refractivity contribution in [2.45, 2.75) is 51.9 Å². The number of hydrogen-bond donors (Lipinski definition) is 2. The molecule has 29 heavy (non-hydrogen) atoms. The molecule has 0 spiro atoms. The summed E-state index contributed by atoms with van der Waals surface area (Å²) in [5, 5.41) is 5.79. The summed E-state index contributed by atoms with van der Waals surface area (Å²) >= 11 is 0. The molecule has 2 heterocycles. The highest BCUT2D eigenvalue weighted by Gasteiger charge is 2.27. The van der Waals surface area contributed by atoms with E-state index in [9.17, 15) is 14.4 Å². The zero-order chi connectivity index (χ0) is 20.6. The van der Waals surface area contributed by atoms with E-state index in [1.807, 2.05) is 30.0 Å². The summed E-state index contributed by atoms with van der Waals surface area (Å²) in [6.45, 7) is 4.43. The van der Waals surface area contributed by atoms with Crippen molar-refractivity contribution in [3.05, 3.63) is 23.8 Å². The second kappa shape index (κ2) is 10.3. The molecule has 3 amide bonds. The molecule has 0 bridgehead atoms. The average Bonchev–Trinajstić information content (AvgIpc) is 2.75. The Morgan fingerprint density at radius 1 is 1.31 bits per heavy atom. The van der Waals surface area contributed by atoms with E-state index in [2.05, 4.69) is 10.6 Å². The lowest BCUT2D eigenvalue weighted by atomic mass is 9.96. The number of carbonyl (C=O) groups is 3. The molecule has 158 valence electrons. The fourth-order valence-corrected chi connectivity index (χ4v) is 3.83. The van der Waals surface area contributed by atoms with Crippen LogP contribution in [0.2, 0.25) is 0 Å². The summed E-state index contributed by atoms with van der Waals surface area (Å²) in [6.07, 6.45) is 4.91. The van der Waals surface area contributed by atoms with Gasteiger partial charge in [-0.2, -0.15) is 0 Å². The molecule has 1 aromatic carbocycles. The van der Waals surface area contributed by atoms with E-state index < -0.39 is 0 Å². The summed E-state index contributed by atoms with van der Waals surface area (Å²) < 4.78 is 5.79. The Morgan fingerprint density at radius 3 is 3.00 bits per heavy atom. The van der Waals surface area contributed by atoms with Gasteiger partial charge < -0.3 is 20.3 Å². The molecule has 0 saturated carbocycles. The van der Waals surface area contributed by atoms with Crippen molar-refractivity contribution in [3.8, 4) is 5.75 Å². The Kier molecular flexibility index (Phi) is 7.49. The Labute approximate surface area is 172 Å². The standard InChI is InChI=1S/C22H31N3O4/c1-2-11-23-22(28)17-5-3-12-25(15-17)21(27)6-4-13-29-18-8-9-19-16(14-18)7-10-20(26)24-19/h8-9,14,17H,2-7,10-13,15H2,1H3,(H,23,28)(H,24,26). The number of likely N-dealkylation sites (tertiary alicyclic amines) is 1. The van der Waals surface area contributed by atoms with E-state index in [4.69, 9.17) is 4.74 Å². The molecule has 2 aliphatic heterocycles. The van der Waals surface area contributed by atoms with Gasteiger partial charge in [0.05, 0.1) is 12.5 Å². The van der Waals surface area contributed by atoms with E-state index in [-0.39, 0.29) is 23.6 Å². The van der Waals surface area contributed by atoms with Crippen LogP contribution in [0, 0.1) is 5.92 Å². The molecule has 1 aromatic rings. The fourth-order valence-electron chi connectivity index (χ4n) is 3.83. The van der Waals surface area contributed by atoms with E-state index >= 15 is 0 Å². The van der Waals surface area contributed by atoms with E-state index in [0.717, 1.165) is 49.2 Å². The van der Waals surface area contributed by atoms with Crippen LogP contribution in [0.15, 0.2) is 18.2 Å². The molecule has 3 rings (SSSR count). The largest absolute Gasteiger partial charge is 0.494 e. The highest BCUT2D eigenvalue weighted by Crippen LogP contribution is 2.27. The zero-order valence-electron chi connectivity index (χ0n) is 17.2. The average molecular weight is 402 g/mol. The summed E-state index contributed by atoms with van der Waals surface area (Å²) in [7, 11) is 0. The molecular formula is C22H31N3O4. The lowest BCUT2D eigenvalue weighted by Crippen LogP contribution is -2.45. The van der Waals surface area contributed by atoms with Gasteiger partial charge in [-0.25, -0.2) is 0 Å². The molecule has 2 aliphatic rings. The minimum atomic E-state index is -0.0912. The van der Waals surface area contributed by atoms with Gasteiger partial charge in [0.15, 0.2) is 0 Å². The number of fused-ring (bicyclic) bond motifs is 1. The Bertz CT molecular complexity index is 750. The number of amides is 3. The number of piperidine rings is 1. The number of rotatable bonds is 8. The number of nitrogens with one attached hydrogen (secondary N) is 2. The van der Waals surface area contributed by atoms with Gasteiger partial charge in [-0.15, -0.1) is 0 Å². The highest BCUT2D eigenvalue weighted by molar-refractivity contribution is 5.94. The van der Waals surface area contributed by atoms with Crippen LogP contribution in [0.3, 0.4) is 0 Å². The van der Waals surface area contributed by atoms with E-state index in [1.54, 1.807) is 0 Å². The summed E-state index contributed by atoms with van der Waals surface area (Å²) in [5.74, 6) is 0.878. The molecule has 1 atom stereocenters. The van der Waals surface area contributed by atoms with Gasteiger partial charge in [0.25, 0.3) is 0 Å². The predicted octanol–water partition coefficient (Wildman–Crippen LogP) is 2.50. The second-order valence-corrected chi connectivity index (χ2v) is 7.79. The first-order valence-electron chi connectivity index (χ1n) is 10.7. The maximum absolute atomic E-state index is 12.5. The van der Waals surface area contributed by atoms with Gasteiger partial charge in [0.1, 0.15) is 5.75 Å². The van der Waals surface area contributed by atoms with Gasteiger partial charge in [0.2, 0.25) is 17.7 Å². The lowest BCUT2D eigenvalue weighted by molar-refractivity contribution is -0.136. The number of hydrogen-bond acceptors (Lipinski definition) is 4. The molecule has 0 aromatic heterocycles. The van der Waals surface area contributed by atoms with Crippen molar-refractivity contribution in [1.29, 1.82) is 0 Å². The zero-order valence-corrected chi connectivity index (χ0v) is 17.2. The third kappa shape index (κ3) is 5.95. The van der Waals surface area contributed by atoms with Crippen molar-refractivity contribution in [2.75, 3.05) is 31.6 Å². The molecule has 0 aliphatic carbocycles. The van der Waals surface area contributed by atoms with Gasteiger partial charge in [-0.1, -0.05) is 6.92 Å². The van der Waals surface area contributed by atoms with E-state index in [1.165, 1.54) is 0 Å². The first kappa shape index (κ1) is 21.1. The second-order valence-electron chi connectivity index (χ2n) is 7.79. The van der Waals surface area contributed by atoms with Crippen molar-refractivity contribution < 1.29 is 19.1 Å². The van der Waals surface area contributed by atoms with Crippen LogP contribution in [0.25, 0.3) is 0 Å². The van der Waals surface area contributed by atoms with Crippen LogP contribution < -0.4 is 15.4 Å². The molecule has 1 saturated heterocycles. The van der Waals surface area contributed by atoms with Crippen LogP contribution in [-0.2, 0) is 20.8 Å². The summed E-state index contributed by atoms with van der Waals surface area (Å²) in [5.41, 5.74) is 1.94. The fraction of sp³-hybridized carbons (Fsp3) is 0.591. The van der Waals surface area contributed by atoms with Crippen LogP contribution in [0.5, 0.6) is 5.75 Å². The van der Waals surface area contributed by atoms with Crippen LogP contribution in [0.1, 0.15) is 51.0 Å². The van der Waals surface area contributed by atoms with Crippen molar-refractivity contribution in [3.63, 3.8) is 0 Å². The highest BCUT2D eigenvalue weighted by atomic mass is 16.5. The third-order valence-electron chi connectivity index (χ3n) is 5.47. The lowest BCUT2D eigenvalue weighted by Gasteiger charge is -2.32. The van der Waals surface area contributed by atoms with Crippen LogP contribution >= 0.6 is 0 Å². The maximum atomic E-state index is 12.5. The van der Waals surface area contributed by atoms with E-state index in [0.29, 0.717) is 39.0 Å². The molecule has 7 heteroatoms. The van der Waals surface area contributed by atoms with Gasteiger partial charge in [-0.3, -0.25) is 14.4 Å². The Morgan fingerprint density at radius 2 is 2.17 bits per heavy atom. The number of ether oxygens (including phenoxy) is 1. The minimum Gasteiger partial charge on any atom is -0.494 e. The number of benzene rings is 1. The third-order valence-corrected chi connectivity index (χ3v) is 5.47. The molecular weight excluding hydrogens is 370 g/mol. The number of carbonyl (C=O) groups excluding carboxylic acids is 3. The first-order chi connectivity index (χ1) is 14.1. The van der Waals surface area contributed by atoms with Gasteiger partial charge >= 0.3 is 0 Å². The quantitative estimate of drug-likeness (QED) is 0.655. The molecule has 1 unspecified atom stereocenters. The monoisotopic (exact) mass is 401 g/mol. The smallest absolute Gasteiger partial charge is 0.224 e. The molecule has 0 radical (unpaired) electrons. The number of anilines is 1. The first-order valence-corrected chi connectivity index (χ1v) is 10.7. The Balaban J connectivity index is 1.39. The molecule has 1 fully saturated rings. The maximum Gasteiger partial charge on any atom is 0.224 e. The van der Waals surface area contributed by atoms with Crippen LogP contribution in [-0.4, -0.2) is 48.9 Å². The topological polar surface area (TPSA) is 87.7 Å². The molecule has 2 N–H and O–H groups in total. The number of aryl methyl sites for hydroxylation is 1. The predicted molar refractivity (Wildman–Crippen MR) is 111 cm³/mol.